The maximum absolute atomic E-state index is 13.9. The van der Waals surface area contributed by atoms with Crippen molar-refractivity contribution in [3.63, 3.8) is 0 Å². The lowest BCUT2D eigenvalue weighted by Crippen LogP contribution is -2.39. The van der Waals surface area contributed by atoms with Crippen LogP contribution in [0.3, 0.4) is 0 Å². The SMILES string of the molecule is CN(c1cc(-c2nc(C(=O)Nc3cn(-c4ccc(CNC(=O)[C@@H]5C[C@@H](O)CN5)cc4)nc3C(F)F)co2)ccn1)C1CC1. The van der Waals surface area contributed by atoms with Gasteiger partial charge in [-0.1, -0.05) is 12.1 Å². The molecule has 2 aliphatic rings. The third-order valence-electron chi connectivity index (χ3n) is 7.47. The van der Waals surface area contributed by atoms with E-state index in [1.165, 1.54) is 17.1 Å². The van der Waals surface area contributed by atoms with Gasteiger partial charge in [-0.05, 0) is 49.1 Å². The minimum absolute atomic E-state index is 0.0782. The van der Waals surface area contributed by atoms with E-state index < -0.39 is 30.2 Å². The van der Waals surface area contributed by atoms with Gasteiger partial charge in [0.05, 0.1) is 29.7 Å². The Hall–Kier alpha value is -4.69. The van der Waals surface area contributed by atoms with Crippen LogP contribution in [0.15, 0.2) is 59.5 Å². The molecule has 224 valence electrons. The third-order valence-corrected chi connectivity index (χ3v) is 7.47. The number of nitrogens with one attached hydrogen (secondary N) is 3. The second-order valence-electron chi connectivity index (χ2n) is 10.6. The molecule has 2 fully saturated rings. The topological polar surface area (TPSA) is 150 Å². The lowest BCUT2D eigenvalue weighted by atomic mass is 10.1. The van der Waals surface area contributed by atoms with Crippen molar-refractivity contribution in [2.45, 2.75) is 50.4 Å². The largest absolute Gasteiger partial charge is 0.444 e. The molecule has 0 unspecified atom stereocenters. The number of nitrogens with zero attached hydrogens (tertiary/aromatic N) is 5. The van der Waals surface area contributed by atoms with Crippen LogP contribution in [-0.2, 0) is 11.3 Å². The smallest absolute Gasteiger partial charge is 0.284 e. The molecule has 12 nitrogen and oxygen atoms in total. The standard InChI is InChI=1S/C29H30F2N8O4/c1-38(18-6-7-18)24-10-17(8-9-32-24)29-36-23(15-43-29)28(42)35-22-14-39(37-25(22)26(30)31)19-4-2-16(3-5-19)12-34-27(41)21-11-20(40)13-33-21/h2-5,8-10,14-15,18,20-21,26,33,40H,6-7,11-13H2,1H3,(H,34,41)(H,35,42)/t20-,21+/m1/s1. The fourth-order valence-corrected chi connectivity index (χ4v) is 4.86. The zero-order valence-electron chi connectivity index (χ0n) is 23.2. The number of aliphatic hydroxyl groups is 1. The highest BCUT2D eigenvalue weighted by Crippen LogP contribution is 2.31. The van der Waals surface area contributed by atoms with Gasteiger partial charge in [0.2, 0.25) is 11.8 Å². The minimum atomic E-state index is -2.94. The first kappa shape index (κ1) is 28.4. The molecule has 1 aliphatic heterocycles. The number of rotatable bonds is 10. The van der Waals surface area contributed by atoms with Crippen molar-refractivity contribution in [1.29, 1.82) is 0 Å². The number of pyridine rings is 1. The average Bonchev–Trinajstić information content (AvgIpc) is 3.37. The first-order chi connectivity index (χ1) is 20.7. The molecule has 6 rings (SSSR count). The Morgan fingerprint density at radius 3 is 2.72 bits per heavy atom. The lowest BCUT2D eigenvalue weighted by Gasteiger charge is -2.17. The van der Waals surface area contributed by atoms with Gasteiger partial charge >= 0.3 is 0 Å². The quantitative estimate of drug-likeness (QED) is 0.218. The summed E-state index contributed by atoms with van der Waals surface area (Å²) in [5, 5.41) is 21.8. The number of carbonyl (C=O) groups excluding carboxylic acids is 2. The lowest BCUT2D eigenvalue weighted by molar-refractivity contribution is -0.123. The molecule has 14 heteroatoms. The highest BCUT2D eigenvalue weighted by Gasteiger charge is 2.29. The van der Waals surface area contributed by atoms with Crippen LogP contribution in [0.2, 0.25) is 0 Å². The van der Waals surface area contributed by atoms with Gasteiger partial charge in [0, 0.05) is 37.9 Å². The number of β-amino-alcohol motifs (C(OH)–C–C–N with tert-alkyl or cyclic N) is 1. The second kappa shape index (κ2) is 11.9. The number of aliphatic hydroxyl groups excluding tert-OH is 1. The zero-order chi connectivity index (χ0) is 30.1. The first-order valence-electron chi connectivity index (χ1n) is 13.9. The number of halogens is 2. The van der Waals surface area contributed by atoms with Crippen LogP contribution in [0.25, 0.3) is 17.1 Å². The van der Waals surface area contributed by atoms with E-state index in [0.29, 0.717) is 30.3 Å². The fourth-order valence-electron chi connectivity index (χ4n) is 4.86. The number of carbonyl (C=O) groups is 2. The summed E-state index contributed by atoms with van der Waals surface area (Å²) in [5.74, 6) is 0.0334. The average molecular weight is 593 g/mol. The van der Waals surface area contributed by atoms with Gasteiger partial charge in [0.25, 0.3) is 12.3 Å². The van der Waals surface area contributed by atoms with Gasteiger partial charge in [-0.15, -0.1) is 0 Å². The molecule has 4 N–H and O–H groups in total. The minimum Gasteiger partial charge on any atom is -0.444 e. The Labute approximate surface area is 245 Å². The van der Waals surface area contributed by atoms with E-state index in [4.69, 9.17) is 4.42 Å². The molecule has 2 amide bonds. The van der Waals surface area contributed by atoms with E-state index in [9.17, 15) is 23.5 Å². The first-order valence-corrected chi connectivity index (χ1v) is 13.9. The van der Waals surface area contributed by atoms with Gasteiger partial charge in [-0.2, -0.15) is 5.10 Å². The highest BCUT2D eigenvalue weighted by molar-refractivity contribution is 6.03. The summed E-state index contributed by atoms with van der Waals surface area (Å²) in [4.78, 5) is 35.9. The molecular weight excluding hydrogens is 562 g/mol. The van der Waals surface area contributed by atoms with E-state index in [2.05, 4.69) is 35.9 Å². The van der Waals surface area contributed by atoms with Crippen LogP contribution >= 0.6 is 0 Å². The fraction of sp³-hybridized carbons (Fsp3) is 0.345. The summed E-state index contributed by atoms with van der Waals surface area (Å²) < 4.78 is 34.5. The van der Waals surface area contributed by atoms with Crippen LogP contribution in [0.4, 0.5) is 20.3 Å². The normalized spacial score (nSPS) is 18.2. The zero-order valence-corrected chi connectivity index (χ0v) is 23.2. The summed E-state index contributed by atoms with van der Waals surface area (Å²) in [6.07, 6.45) is 3.21. The molecule has 2 atom stereocenters. The number of amides is 2. The molecule has 1 aromatic carbocycles. The van der Waals surface area contributed by atoms with Crippen LogP contribution in [-0.4, -0.2) is 68.4 Å². The molecule has 3 aromatic heterocycles. The van der Waals surface area contributed by atoms with E-state index in [1.807, 2.05) is 13.1 Å². The Morgan fingerprint density at radius 1 is 1.23 bits per heavy atom. The summed E-state index contributed by atoms with van der Waals surface area (Å²) in [7, 11) is 1.97. The highest BCUT2D eigenvalue weighted by atomic mass is 19.3. The molecule has 4 heterocycles. The van der Waals surface area contributed by atoms with Crippen LogP contribution in [0.5, 0.6) is 0 Å². The Balaban J connectivity index is 1.12. The maximum Gasteiger partial charge on any atom is 0.284 e. The van der Waals surface area contributed by atoms with Gasteiger partial charge in [-0.3, -0.25) is 9.59 Å². The number of aromatic nitrogens is 4. The van der Waals surface area contributed by atoms with E-state index in [1.54, 1.807) is 36.5 Å². The second-order valence-corrected chi connectivity index (χ2v) is 10.6. The predicted molar refractivity (Wildman–Crippen MR) is 152 cm³/mol. The van der Waals surface area contributed by atoms with Crippen molar-refractivity contribution in [3.05, 3.63) is 72.0 Å². The number of hydrogen-bond acceptors (Lipinski definition) is 9. The number of anilines is 2. The molecule has 0 spiro atoms. The number of benzene rings is 1. The monoisotopic (exact) mass is 592 g/mol. The molecule has 0 bridgehead atoms. The van der Waals surface area contributed by atoms with Crippen molar-refractivity contribution in [2.75, 3.05) is 23.8 Å². The summed E-state index contributed by atoms with van der Waals surface area (Å²) in [6, 6.07) is 10.4. The van der Waals surface area contributed by atoms with Gasteiger partial charge in [0.1, 0.15) is 12.1 Å². The van der Waals surface area contributed by atoms with Crippen molar-refractivity contribution in [3.8, 4) is 17.1 Å². The van der Waals surface area contributed by atoms with Crippen LogP contribution in [0, 0.1) is 0 Å². The molecule has 0 radical (unpaired) electrons. The summed E-state index contributed by atoms with van der Waals surface area (Å²) >= 11 is 0. The maximum atomic E-state index is 13.9. The van der Waals surface area contributed by atoms with E-state index in [-0.39, 0.29) is 29.7 Å². The Bertz CT molecular complexity index is 1620. The molecule has 1 aliphatic carbocycles. The van der Waals surface area contributed by atoms with Gasteiger partial charge < -0.3 is 30.4 Å². The van der Waals surface area contributed by atoms with Crippen LogP contribution < -0.4 is 20.9 Å². The van der Waals surface area contributed by atoms with E-state index >= 15 is 0 Å². The molecule has 1 saturated heterocycles. The van der Waals surface area contributed by atoms with Crippen molar-refractivity contribution >= 4 is 23.3 Å². The summed E-state index contributed by atoms with van der Waals surface area (Å²) in [6.45, 7) is 0.637. The predicted octanol–water partition coefficient (Wildman–Crippen LogP) is 3.05. The van der Waals surface area contributed by atoms with Gasteiger partial charge in [0.15, 0.2) is 11.4 Å². The van der Waals surface area contributed by atoms with Gasteiger partial charge in [-0.25, -0.2) is 23.4 Å². The Kier molecular flexibility index (Phi) is 7.86. The van der Waals surface area contributed by atoms with Crippen molar-refractivity contribution in [1.82, 2.24) is 30.4 Å². The molecule has 4 aromatic rings. The van der Waals surface area contributed by atoms with Crippen molar-refractivity contribution in [2.24, 2.45) is 0 Å². The Morgan fingerprint density at radius 2 is 2.02 bits per heavy atom. The number of oxazole rings is 1. The third kappa shape index (κ3) is 6.39. The van der Waals surface area contributed by atoms with E-state index in [0.717, 1.165) is 24.2 Å². The number of hydrogen-bond donors (Lipinski definition) is 4. The molecule has 1 saturated carbocycles. The van der Waals surface area contributed by atoms with Crippen LogP contribution in [0.1, 0.15) is 47.4 Å². The number of alkyl halides is 2. The summed E-state index contributed by atoms with van der Waals surface area (Å²) in [5.41, 5.74) is 1.06. The van der Waals surface area contributed by atoms with Crippen molar-refractivity contribution < 1.29 is 27.9 Å². The molecular formula is C29H30F2N8O4. The molecule has 43 heavy (non-hydrogen) atoms.